The predicted molar refractivity (Wildman–Crippen MR) is 112 cm³/mol. The van der Waals surface area contributed by atoms with E-state index in [1.807, 2.05) is 37.8 Å². The van der Waals surface area contributed by atoms with E-state index in [0.29, 0.717) is 36.5 Å². The molecule has 0 amide bonds. The molecule has 8 nitrogen and oxygen atoms in total. The second-order valence-electron chi connectivity index (χ2n) is 6.56. The summed E-state index contributed by atoms with van der Waals surface area (Å²) in [6, 6.07) is 4.02. The minimum Gasteiger partial charge on any atom is -0.358 e. The second-order valence-corrected chi connectivity index (χ2v) is 8.43. The van der Waals surface area contributed by atoms with Gasteiger partial charge in [0.1, 0.15) is 0 Å². The van der Waals surface area contributed by atoms with Crippen LogP contribution in [0, 0.1) is 30.9 Å². The molecule has 0 saturated heterocycles. The van der Waals surface area contributed by atoms with Crippen molar-refractivity contribution in [3.05, 3.63) is 38.9 Å². The number of nitrogens with one attached hydrogen (secondary N) is 1. The third-order valence-corrected chi connectivity index (χ3v) is 5.70. The molecule has 1 unspecified atom stereocenters. The highest BCUT2D eigenvalue weighted by atomic mass is 35.5. The van der Waals surface area contributed by atoms with E-state index in [0.717, 1.165) is 22.4 Å². The predicted octanol–water partition coefficient (Wildman–Crippen LogP) is 3.04. The van der Waals surface area contributed by atoms with Crippen LogP contribution in [0.15, 0.2) is 27.2 Å². The Balaban J connectivity index is 1.78. The molecule has 0 spiro atoms. The molecule has 1 aromatic rings. The molecule has 1 N–H and O–H groups in total. The molecule has 1 atom stereocenters. The van der Waals surface area contributed by atoms with Gasteiger partial charge in [-0.15, -0.1) is 0 Å². The summed E-state index contributed by atoms with van der Waals surface area (Å²) in [6.07, 6.45) is 0. The van der Waals surface area contributed by atoms with Crippen molar-refractivity contribution in [2.24, 2.45) is 15.1 Å². The number of hydrogen-bond donors (Lipinski definition) is 1. The number of amidine groups is 2. The van der Waals surface area contributed by atoms with E-state index in [9.17, 15) is 10.1 Å². The highest BCUT2D eigenvalue weighted by Gasteiger charge is 2.33. The average Bonchev–Trinajstić information content (AvgIpc) is 3.19. The molecule has 0 saturated carbocycles. The van der Waals surface area contributed by atoms with Crippen molar-refractivity contribution in [2.45, 2.75) is 26.0 Å². The molecule has 2 heterocycles. The Hall–Kier alpha value is -2.13. The van der Waals surface area contributed by atoms with Crippen molar-refractivity contribution < 1.29 is 4.92 Å². The summed E-state index contributed by atoms with van der Waals surface area (Å²) in [6.45, 7) is 8.25. The van der Waals surface area contributed by atoms with Crippen LogP contribution in [-0.2, 0) is 0 Å². The number of anilines is 1. The average molecular weight is 409 g/mol. The first-order valence-corrected chi connectivity index (χ1v) is 9.83. The molecule has 10 heteroatoms. The van der Waals surface area contributed by atoms with Crippen molar-refractivity contribution in [3.63, 3.8) is 0 Å². The Bertz CT molecular complexity index is 831. The van der Waals surface area contributed by atoms with Crippen LogP contribution in [-0.4, -0.2) is 57.4 Å². The largest absolute Gasteiger partial charge is 0.430 e. The summed E-state index contributed by atoms with van der Waals surface area (Å²) in [4.78, 5) is 21.5. The van der Waals surface area contributed by atoms with E-state index in [2.05, 4.69) is 20.5 Å². The standard InChI is InChI=1S/C17H21ClN6O2S/c1-10-6-11(2)14(12(3)7-10)21-22-16(24(25)26)15-19-4-5-23(15)9-13-8-20-17(18)27-13/h6-7,13,21H,4-5,8-9H2,1-3H3. The van der Waals surface area contributed by atoms with Crippen molar-refractivity contribution in [2.75, 3.05) is 31.6 Å². The molecule has 2 aliphatic heterocycles. The smallest absolute Gasteiger partial charge is 0.358 e. The van der Waals surface area contributed by atoms with E-state index >= 15 is 0 Å². The molecule has 0 fully saturated rings. The lowest BCUT2D eigenvalue weighted by Gasteiger charge is -2.21. The Kier molecular flexibility index (Phi) is 6.01. The molecule has 1 aromatic carbocycles. The number of rotatable bonds is 5. The molecule has 0 radical (unpaired) electrons. The quantitative estimate of drug-likeness (QED) is 0.349. The zero-order chi connectivity index (χ0) is 19.6. The van der Waals surface area contributed by atoms with Crippen LogP contribution < -0.4 is 5.43 Å². The van der Waals surface area contributed by atoms with Crippen LogP contribution in [0.5, 0.6) is 0 Å². The van der Waals surface area contributed by atoms with Gasteiger partial charge in [0.2, 0.25) is 5.84 Å². The minimum atomic E-state index is -0.492. The first-order valence-electron chi connectivity index (χ1n) is 8.57. The van der Waals surface area contributed by atoms with Crippen LogP contribution in [0.1, 0.15) is 16.7 Å². The Labute approximate surface area is 166 Å². The van der Waals surface area contributed by atoms with Gasteiger partial charge >= 0.3 is 5.84 Å². The first-order chi connectivity index (χ1) is 12.8. The fourth-order valence-corrected chi connectivity index (χ4v) is 4.51. The summed E-state index contributed by atoms with van der Waals surface area (Å²) in [7, 11) is 0. The Morgan fingerprint density at radius 3 is 2.70 bits per heavy atom. The highest BCUT2D eigenvalue weighted by Crippen LogP contribution is 2.25. The maximum atomic E-state index is 11.6. The van der Waals surface area contributed by atoms with Crippen molar-refractivity contribution in [1.82, 2.24) is 4.90 Å². The number of nitro groups is 1. The van der Waals surface area contributed by atoms with Crippen LogP contribution in [0.2, 0.25) is 0 Å². The molecule has 144 valence electrons. The number of hydrogen-bond acceptors (Lipinski definition) is 8. The first kappa shape index (κ1) is 19.6. The number of aliphatic imine (C=N–C) groups is 2. The van der Waals surface area contributed by atoms with Crippen LogP contribution in [0.25, 0.3) is 0 Å². The molecule has 0 aromatic heterocycles. The number of hydrazone groups is 1. The highest BCUT2D eigenvalue weighted by molar-refractivity contribution is 8.17. The van der Waals surface area contributed by atoms with E-state index in [1.54, 1.807) is 0 Å². The van der Waals surface area contributed by atoms with Gasteiger partial charge in [0.05, 0.1) is 23.9 Å². The van der Waals surface area contributed by atoms with E-state index in [4.69, 9.17) is 11.6 Å². The Morgan fingerprint density at radius 2 is 2.11 bits per heavy atom. The third kappa shape index (κ3) is 4.59. The summed E-state index contributed by atoms with van der Waals surface area (Å²) in [5, 5.41) is 15.9. The fraction of sp³-hybridized carbons (Fsp3) is 0.471. The molecule has 3 rings (SSSR count). The maximum Gasteiger partial charge on any atom is 0.430 e. The van der Waals surface area contributed by atoms with Gasteiger partial charge in [0.15, 0.2) is 4.50 Å². The van der Waals surface area contributed by atoms with Crippen LogP contribution >= 0.6 is 23.4 Å². The van der Waals surface area contributed by atoms with Gasteiger partial charge in [-0.2, -0.15) is 5.43 Å². The third-order valence-electron chi connectivity index (χ3n) is 4.36. The SMILES string of the molecule is Cc1cc(C)c(NN=C(C2=NCCN2CC2CN=C(Cl)S2)[N+](=O)[O-])c(C)c1. The lowest BCUT2D eigenvalue weighted by atomic mass is 10.1. The zero-order valence-corrected chi connectivity index (χ0v) is 17.0. The van der Waals surface area contributed by atoms with Gasteiger partial charge in [-0.3, -0.25) is 9.98 Å². The second kappa shape index (κ2) is 8.26. The number of halogens is 1. The molecular formula is C17H21ClN6O2S. The molecule has 0 bridgehead atoms. The zero-order valence-electron chi connectivity index (χ0n) is 15.4. The van der Waals surface area contributed by atoms with Crippen molar-refractivity contribution >= 4 is 45.2 Å². The molecule has 2 aliphatic rings. The van der Waals surface area contributed by atoms with Crippen LogP contribution in [0.3, 0.4) is 0 Å². The maximum absolute atomic E-state index is 11.6. The van der Waals surface area contributed by atoms with E-state index in [-0.39, 0.29) is 11.1 Å². The summed E-state index contributed by atoms with van der Waals surface area (Å²) < 4.78 is 0.535. The van der Waals surface area contributed by atoms with Gasteiger partial charge in [-0.25, -0.2) is 0 Å². The summed E-state index contributed by atoms with van der Waals surface area (Å²) in [5.74, 6) is 0.0282. The van der Waals surface area contributed by atoms with Crippen molar-refractivity contribution in [1.29, 1.82) is 0 Å². The monoisotopic (exact) mass is 408 g/mol. The van der Waals surface area contributed by atoms with Gasteiger partial charge in [-0.1, -0.05) is 41.1 Å². The fourth-order valence-electron chi connectivity index (χ4n) is 3.24. The summed E-state index contributed by atoms with van der Waals surface area (Å²) >= 11 is 7.41. The van der Waals surface area contributed by atoms with E-state index in [1.165, 1.54) is 11.8 Å². The minimum absolute atomic E-state index is 0.170. The van der Waals surface area contributed by atoms with Gasteiger partial charge < -0.3 is 15.0 Å². The van der Waals surface area contributed by atoms with Crippen molar-refractivity contribution in [3.8, 4) is 0 Å². The van der Waals surface area contributed by atoms with Gasteiger partial charge in [0, 0.05) is 18.3 Å². The van der Waals surface area contributed by atoms with Crippen LogP contribution in [0.4, 0.5) is 5.69 Å². The molecule has 27 heavy (non-hydrogen) atoms. The summed E-state index contributed by atoms with van der Waals surface area (Å²) in [5.41, 5.74) is 6.76. The number of aryl methyl sites for hydroxylation is 3. The molecular weight excluding hydrogens is 388 g/mol. The molecule has 0 aliphatic carbocycles. The lowest BCUT2D eigenvalue weighted by molar-refractivity contribution is -0.346. The lowest BCUT2D eigenvalue weighted by Crippen LogP contribution is -2.41. The Morgan fingerprint density at radius 1 is 1.41 bits per heavy atom. The van der Waals surface area contributed by atoms with E-state index < -0.39 is 4.92 Å². The number of nitrogens with zero attached hydrogens (tertiary/aromatic N) is 5. The van der Waals surface area contributed by atoms with Gasteiger partial charge in [-0.05, 0) is 36.8 Å². The number of thioether (sulfide) groups is 1. The van der Waals surface area contributed by atoms with Gasteiger partial charge in [0.25, 0.3) is 0 Å². The normalized spacial score (nSPS) is 19.9. The topological polar surface area (TPSA) is 95.5 Å². The number of benzene rings is 1.